The second-order valence-corrected chi connectivity index (χ2v) is 13.6. The number of hydrogen-bond acceptors (Lipinski definition) is 3. The molecule has 35 heavy (non-hydrogen) atoms. The average Bonchev–Trinajstić information content (AvgIpc) is 2.91. The Morgan fingerprint density at radius 1 is 0.429 bits per heavy atom. The molecule has 0 N–H and O–H groups in total. The standard InChI is InChI=1S/C30H42ClN3Si/c1-7-32(8-2)25-13-19-28(20-14-25)35(31,29-21-15-26(16-22-29)33(9-3)10-4)30-23-17-27(18-24-30)34(11-5)12-6/h13-24H,7-12H2,1-6H3. The Balaban J connectivity index is 2.10. The van der Waals surface area contributed by atoms with Crippen LogP contribution in [0.5, 0.6) is 0 Å². The van der Waals surface area contributed by atoms with Crippen LogP contribution in [0.2, 0.25) is 0 Å². The molecule has 0 aliphatic carbocycles. The molecule has 0 aliphatic heterocycles. The zero-order valence-corrected chi connectivity index (χ0v) is 24.1. The van der Waals surface area contributed by atoms with Gasteiger partial charge in [-0.3, -0.25) is 0 Å². The highest BCUT2D eigenvalue weighted by atomic mass is 35.6. The van der Waals surface area contributed by atoms with Crippen LogP contribution in [0, 0.1) is 0 Å². The molecule has 5 heteroatoms. The summed E-state index contributed by atoms with van der Waals surface area (Å²) in [5.74, 6) is 0. The number of benzene rings is 3. The summed E-state index contributed by atoms with van der Waals surface area (Å²) in [6.45, 7) is 19.2. The molecule has 0 atom stereocenters. The molecule has 0 aromatic heterocycles. The number of nitrogens with zero attached hydrogens (tertiary/aromatic N) is 3. The van der Waals surface area contributed by atoms with Crippen molar-refractivity contribution in [3.05, 3.63) is 72.8 Å². The van der Waals surface area contributed by atoms with Crippen LogP contribution in [-0.2, 0) is 0 Å². The van der Waals surface area contributed by atoms with Gasteiger partial charge in [-0.25, -0.2) is 0 Å². The van der Waals surface area contributed by atoms with Gasteiger partial charge in [0.1, 0.15) is 0 Å². The molecule has 3 aromatic carbocycles. The third kappa shape index (κ3) is 5.70. The summed E-state index contributed by atoms with van der Waals surface area (Å²) in [7, 11) is -2.70. The van der Waals surface area contributed by atoms with Crippen LogP contribution in [0.4, 0.5) is 17.1 Å². The third-order valence-electron chi connectivity index (χ3n) is 7.18. The second kappa shape index (κ2) is 12.5. The Hall–Kier alpha value is -2.43. The number of hydrogen-bond donors (Lipinski definition) is 0. The first-order valence-corrected chi connectivity index (χ1v) is 16.2. The van der Waals surface area contributed by atoms with E-state index in [1.54, 1.807) is 0 Å². The monoisotopic (exact) mass is 507 g/mol. The van der Waals surface area contributed by atoms with Crippen LogP contribution in [0.3, 0.4) is 0 Å². The molecule has 0 radical (unpaired) electrons. The predicted molar refractivity (Wildman–Crippen MR) is 161 cm³/mol. The lowest BCUT2D eigenvalue weighted by atomic mass is 10.3. The SMILES string of the molecule is CCN(CC)c1ccc([Si](Cl)(c2ccc(N(CC)CC)cc2)c2ccc(N(CC)CC)cc2)cc1. The molecule has 0 saturated carbocycles. The van der Waals surface area contributed by atoms with E-state index in [2.05, 4.69) is 129 Å². The van der Waals surface area contributed by atoms with E-state index in [-0.39, 0.29) is 0 Å². The predicted octanol–water partition coefficient (Wildman–Crippen LogP) is 5.43. The molecule has 0 saturated heterocycles. The van der Waals surface area contributed by atoms with Gasteiger partial charge in [0.2, 0.25) is 7.38 Å². The summed E-state index contributed by atoms with van der Waals surface area (Å²) in [5.41, 5.74) is 3.75. The first-order chi connectivity index (χ1) is 17.0. The van der Waals surface area contributed by atoms with Crippen LogP contribution in [0.15, 0.2) is 72.8 Å². The summed E-state index contributed by atoms with van der Waals surface area (Å²) in [6, 6.07) is 26.9. The number of anilines is 3. The van der Waals surface area contributed by atoms with Crippen molar-refractivity contribution >= 4 is 51.1 Å². The molecule has 0 fully saturated rings. The van der Waals surface area contributed by atoms with E-state index in [0.717, 1.165) is 39.3 Å². The Kier molecular flexibility index (Phi) is 9.70. The van der Waals surface area contributed by atoms with E-state index < -0.39 is 7.38 Å². The van der Waals surface area contributed by atoms with Crippen molar-refractivity contribution in [2.24, 2.45) is 0 Å². The van der Waals surface area contributed by atoms with Crippen LogP contribution >= 0.6 is 11.1 Å². The molecular weight excluding hydrogens is 466 g/mol. The molecule has 3 aromatic rings. The van der Waals surface area contributed by atoms with E-state index in [1.165, 1.54) is 32.6 Å². The molecule has 0 spiro atoms. The van der Waals surface area contributed by atoms with Crippen molar-refractivity contribution in [1.29, 1.82) is 0 Å². The van der Waals surface area contributed by atoms with Crippen molar-refractivity contribution < 1.29 is 0 Å². The Morgan fingerprint density at radius 2 is 0.629 bits per heavy atom. The van der Waals surface area contributed by atoms with Gasteiger partial charge < -0.3 is 14.7 Å². The summed E-state index contributed by atoms with van der Waals surface area (Å²) < 4.78 is 0. The molecule has 0 aliphatic rings. The average molecular weight is 508 g/mol. The quantitative estimate of drug-likeness (QED) is 0.184. The topological polar surface area (TPSA) is 9.72 Å². The minimum atomic E-state index is -2.70. The smallest absolute Gasteiger partial charge is 0.247 e. The highest BCUT2D eigenvalue weighted by Crippen LogP contribution is 2.20. The van der Waals surface area contributed by atoms with Gasteiger partial charge >= 0.3 is 0 Å². The minimum absolute atomic E-state index is 0.999. The van der Waals surface area contributed by atoms with Crippen molar-refractivity contribution in [1.82, 2.24) is 0 Å². The lowest BCUT2D eigenvalue weighted by molar-refractivity contribution is 0.866. The summed E-state index contributed by atoms with van der Waals surface area (Å²) in [5, 5.41) is 3.67. The van der Waals surface area contributed by atoms with E-state index in [4.69, 9.17) is 11.1 Å². The number of halogens is 1. The van der Waals surface area contributed by atoms with Gasteiger partial charge in [-0.1, -0.05) is 36.4 Å². The molecule has 3 rings (SSSR count). The maximum absolute atomic E-state index is 7.81. The lowest BCUT2D eigenvalue weighted by Crippen LogP contribution is -2.62. The zero-order valence-electron chi connectivity index (χ0n) is 22.4. The molecule has 0 bridgehead atoms. The van der Waals surface area contributed by atoms with Gasteiger partial charge in [0, 0.05) is 56.3 Å². The van der Waals surface area contributed by atoms with Gasteiger partial charge in [0.15, 0.2) is 0 Å². The first-order valence-electron chi connectivity index (χ1n) is 13.2. The molecule has 188 valence electrons. The van der Waals surface area contributed by atoms with Gasteiger partial charge in [0.05, 0.1) is 0 Å². The normalized spacial score (nSPS) is 11.4. The molecule has 0 amide bonds. The Bertz CT molecular complexity index is 888. The van der Waals surface area contributed by atoms with Gasteiger partial charge in [0.25, 0.3) is 0 Å². The summed E-state index contributed by atoms with van der Waals surface area (Å²) in [4.78, 5) is 7.12. The highest BCUT2D eigenvalue weighted by molar-refractivity contribution is 7.40. The highest BCUT2D eigenvalue weighted by Gasteiger charge is 2.38. The molecule has 0 heterocycles. The fourth-order valence-corrected chi connectivity index (χ4v) is 8.98. The summed E-state index contributed by atoms with van der Waals surface area (Å²) in [6.07, 6.45) is 0. The van der Waals surface area contributed by atoms with Gasteiger partial charge in [-0.05, 0) is 93.5 Å². The molecule has 3 nitrogen and oxygen atoms in total. The molecule has 0 unspecified atom stereocenters. The zero-order chi connectivity index (χ0) is 25.4. The van der Waals surface area contributed by atoms with Crippen molar-refractivity contribution in [3.8, 4) is 0 Å². The Morgan fingerprint density at radius 3 is 0.800 bits per heavy atom. The van der Waals surface area contributed by atoms with Crippen molar-refractivity contribution in [2.45, 2.75) is 41.5 Å². The van der Waals surface area contributed by atoms with E-state index >= 15 is 0 Å². The fraction of sp³-hybridized carbons (Fsp3) is 0.400. The van der Waals surface area contributed by atoms with Gasteiger partial charge in [-0.2, -0.15) is 0 Å². The number of rotatable bonds is 12. The van der Waals surface area contributed by atoms with Crippen LogP contribution in [0.25, 0.3) is 0 Å². The molecular formula is C30H42ClN3Si. The Labute approximate surface area is 219 Å². The van der Waals surface area contributed by atoms with Crippen LogP contribution < -0.4 is 30.3 Å². The van der Waals surface area contributed by atoms with E-state index in [9.17, 15) is 0 Å². The third-order valence-corrected chi connectivity index (χ3v) is 12.5. The van der Waals surface area contributed by atoms with E-state index in [1.807, 2.05) is 0 Å². The maximum atomic E-state index is 7.81. The first kappa shape index (κ1) is 27.2. The minimum Gasteiger partial charge on any atom is -0.372 e. The van der Waals surface area contributed by atoms with E-state index in [0.29, 0.717) is 0 Å². The summed E-state index contributed by atoms with van der Waals surface area (Å²) >= 11 is 7.81. The second-order valence-electron chi connectivity index (χ2n) is 8.82. The van der Waals surface area contributed by atoms with Gasteiger partial charge in [-0.15, -0.1) is 11.1 Å². The largest absolute Gasteiger partial charge is 0.372 e. The van der Waals surface area contributed by atoms with Crippen LogP contribution in [0.1, 0.15) is 41.5 Å². The lowest BCUT2D eigenvalue weighted by Gasteiger charge is -2.29. The van der Waals surface area contributed by atoms with Crippen LogP contribution in [-0.4, -0.2) is 46.7 Å². The fourth-order valence-electron chi connectivity index (χ4n) is 4.97. The van der Waals surface area contributed by atoms with Crippen molar-refractivity contribution in [3.63, 3.8) is 0 Å². The maximum Gasteiger partial charge on any atom is 0.247 e. The van der Waals surface area contributed by atoms with Crippen molar-refractivity contribution in [2.75, 3.05) is 54.0 Å².